The molecule has 13 heteroatoms. The van der Waals surface area contributed by atoms with Crippen molar-refractivity contribution < 1.29 is 38.3 Å². The molecule has 9 rings (SSSR count). The van der Waals surface area contributed by atoms with Crippen molar-refractivity contribution in [2.24, 2.45) is 5.41 Å². The van der Waals surface area contributed by atoms with Crippen LogP contribution in [0.25, 0.3) is 32.9 Å². The van der Waals surface area contributed by atoms with Gasteiger partial charge in [0.15, 0.2) is 5.82 Å². The number of rotatable bonds is 7. The van der Waals surface area contributed by atoms with E-state index in [2.05, 4.69) is 9.88 Å². The minimum Gasteiger partial charge on any atom is -0.508 e. The first-order valence-corrected chi connectivity index (χ1v) is 20.0. The van der Waals surface area contributed by atoms with Gasteiger partial charge in [0.25, 0.3) is 0 Å². The normalized spacial score (nSPS) is 29.5. The predicted octanol–water partition coefficient (Wildman–Crippen LogP) is 6.31. The van der Waals surface area contributed by atoms with Gasteiger partial charge in [-0.15, -0.1) is 0 Å². The van der Waals surface area contributed by atoms with Crippen molar-refractivity contribution in [2.45, 2.75) is 108 Å². The molecule has 2 aromatic heterocycles. The van der Waals surface area contributed by atoms with Crippen LogP contribution in [0.15, 0.2) is 30.5 Å². The molecule has 3 N–H and O–H groups in total. The number of fused-ring (bicyclic) bond motifs is 5. The van der Waals surface area contributed by atoms with Crippen molar-refractivity contribution in [3.63, 3.8) is 0 Å². The summed E-state index contributed by atoms with van der Waals surface area (Å²) in [5.41, 5.74) is -0.582. The van der Waals surface area contributed by atoms with E-state index >= 15 is 8.78 Å². The van der Waals surface area contributed by atoms with E-state index in [-0.39, 0.29) is 47.1 Å². The van der Waals surface area contributed by atoms with Crippen LogP contribution in [0, 0.1) is 17.0 Å². The van der Waals surface area contributed by atoms with Gasteiger partial charge in [-0.2, -0.15) is 9.97 Å². The van der Waals surface area contributed by atoms with Crippen LogP contribution >= 0.6 is 0 Å². The number of nitrogens with zero attached hydrogens (tertiary/aromatic N) is 5. The van der Waals surface area contributed by atoms with Crippen molar-refractivity contribution in [1.29, 1.82) is 0 Å². The molecule has 4 aromatic rings. The molecule has 4 saturated heterocycles. The van der Waals surface area contributed by atoms with Gasteiger partial charge in [-0.05, 0) is 106 Å². The minimum absolute atomic E-state index is 0.00850. The smallest absolute Gasteiger partial charge is 0.319 e. The number of halogens is 2. The molecule has 0 amide bonds. The molecule has 6 heterocycles. The number of aryl methyl sites for hydroxylation is 1. The number of hydrogen-bond donors (Lipinski definition) is 3. The summed E-state index contributed by atoms with van der Waals surface area (Å²) in [6, 6.07) is 6.92. The number of phenols is 1. The van der Waals surface area contributed by atoms with Gasteiger partial charge in [-0.1, -0.05) is 19.4 Å². The zero-order chi connectivity index (χ0) is 38.5. The first kappa shape index (κ1) is 38.1. The van der Waals surface area contributed by atoms with E-state index in [1.54, 1.807) is 19.1 Å². The summed E-state index contributed by atoms with van der Waals surface area (Å²) < 4.78 is 50.8. The molecule has 5 atom stereocenters. The summed E-state index contributed by atoms with van der Waals surface area (Å²) >= 11 is 0. The molecule has 4 unspecified atom stereocenters. The van der Waals surface area contributed by atoms with E-state index < -0.39 is 17.2 Å². The highest BCUT2D eigenvalue weighted by atomic mass is 19.1. The largest absolute Gasteiger partial charge is 0.508 e. The molecule has 0 radical (unpaired) electrons. The fourth-order valence-electron chi connectivity index (χ4n) is 10.4. The molecule has 5 aliphatic rings. The van der Waals surface area contributed by atoms with Gasteiger partial charge in [0, 0.05) is 42.9 Å². The number of benzene rings is 2. The maximum Gasteiger partial charge on any atom is 0.319 e. The Balaban J connectivity index is 0.00000210. The maximum absolute atomic E-state index is 17.2. The van der Waals surface area contributed by atoms with Crippen LogP contribution < -0.4 is 9.64 Å². The SMILES string of the molecule is CCc1c(F)ccc2cc(O)cc(-c3ncc4c(N5CCOC[C@@](C)(O)C5)nc(OCC56CCCC5N(C5CC7CCC(C5)O7)CCC6)nc4c3F)c12.CO. The number of likely N-dealkylation sites (tertiary alicyclic amines) is 1. The van der Waals surface area contributed by atoms with E-state index in [0.717, 1.165) is 58.6 Å². The lowest BCUT2D eigenvalue weighted by Gasteiger charge is -2.50. The molecule has 5 fully saturated rings. The van der Waals surface area contributed by atoms with E-state index in [0.29, 0.717) is 78.0 Å². The Morgan fingerprint density at radius 3 is 2.58 bits per heavy atom. The standard InChI is InChI=1S/C41H49F2N5O5.CH4O/c1-3-29-32(42)10-7-24-16-26(49)19-30(34(24)29)36-35(43)37-31(20-44-36)38(47-14-15-51-22-40(2,50)21-47)46-39(45-37)52-23-41-11-4-6-33(41)48(13-5-12-41)25-17-27-8-9-28(18-25)53-27;1-2/h7,10,16,19-20,25,27-28,33,49-50H,3-6,8-9,11-15,17-18,21-23H2,1-2H3;2H,1H3/t25?,27?,28?,33?,40-,41?;/m0./s1. The van der Waals surface area contributed by atoms with Gasteiger partial charge < -0.3 is 34.4 Å². The van der Waals surface area contributed by atoms with E-state index in [9.17, 15) is 10.2 Å². The lowest BCUT2D eigenvalue weighted by molar-refractivity contribution is -0.0798. The fourth-order valence-corrected chi connectivity index (χ4v) is 10.4. The molecule has 1 aliphatic carbocycles. The first-order valence-electron chi connectivity index (χ1n) is 20.0. The molecule has 55 heavy (non-hydrogen) atoms. The average Bonchev–Trinajstić information content (AvgIpc) is 3.71. The van der Waals surface area contributed by atoms with Crippen LogP contribution in [0.3, 0.4) is 0 Å². The van der Waals surface area contributed by atoms with Gasteiger partial charge in [-0.3, -0.25) is 9.88 Å². The minimum atomic E-state index is -1.17. The number of β-amino-alcohol motifs (C(OH)–C–C–N with tert-alkyl or cyclic N) is 1. The highest BCUT2D eigenvalue weighted by Crippen LogP contribution is 2.50. The first-order chi connectivity index (χ1) is 26.6. The molecular formula is C42H53F2N5O6. The Hall–Kier alpha value is -3.75. The number of aromatic hydroxyl groups is 1. The number of hydrogen-bond acceptors (Lipinski definition) is 11. The fraction of sp³-hybridized carbons (Fsp3) is 0.595. The Kier molecular flexibility index (Phi) is 10.6. The van der Waals surface area contributed by atoms with Crippen LogP contribution in [-0.2, 0) is 15.9 Å². The van der Waals surface area contributed by atoms with E-state index in [1.807, 2.05) is 11.8 Å². The number of ether oxygens (including phenoxy) is 3. The Morgan fingerprint density at radius 1 is 1.02 bits per heavy atom. The van der Waals surface area contributed by atoms with Crippen LogP contribution in [0.2, 0.25) is 0 Å². The number of aliphatic hydroxyl groups is 2. The third-order valence-corrected chi connectivity index (χ3v) is 12.7. The van der Waals surface area contributed by atoms with Gasteiger partial charge in [0.05, 0.1) is 44.0 Å². The molecule has 2 aromatic carbocycles. The van der Waals surface area contributed by atoms with Gasteiger partial charge in [-0.25, -0.2) is 8.78 Å². The quantitative estimate of drug-likeness (QED) is 0.196. The van der Waals surface area contributed by atoms with Gasteiger partial charge in [0.1, 0.15) is 34.2 Å². The summed E-state index contributed by atoms with van der Waals surface area (Å²) in [5, 5.41) is 30.3. The number of pyridine rings is 1. The Bertz CT molecular complexity index is 2040. The van der Waals surface area contributed by atoms with Crippen molar-refractivity contribution in [3.05, 3.63) is 47.7 Å². The van der Waals surface area contributed by atoms with Crippen molar-refractivity contribution in [1.82, 2.24) is 19.9 Å². The van der Waals surface area contributed by atoms with E-state index in [1.165, 1.54) is 31.2 Å². The number of piperidine rings is 1. The molecule has 4 aliphatic heterocycles. The highest BCUT2D eigenvalue weighted by molar-refractivity contribution is 6.01. The average molecular weight is 762 g/mol. The third kappa shape index (κ3) is 7.11. The topological polar surface area (TPSA) is 134 Å². The Morgan fingerprint density at radius 2 is 1.80 bits per heavy atom. The van der Waals surface area contributed by atoms with Gasteiger partial charge in [0.2, 0.25) is 0 Å². The van der Waals surface area contributed by atoms with Crippen molar-refractivity contribution >= 4 is 27.5 Å². The van der Waals surface area contributed by atoms with Crippen LogP contribution in [-0.4, -0.2) is 112 Å². The zero-order valence-corrected chi connectivity index (χ0v) is 32.1. The molecule has 1 saturated carbocycles. The summed E-state index contributed by atoms with van der Waals surface area (Å²) in [6.07, 6.45) is 12.7. The molecule has 0 spiro atoms. The molecule has 11 nitrogen and oxygen atoms in total. The zero-order valence-electron chi connectivity index (χ0n) is 32.1. The predicted molar refractivity (Wildman–Crippen MR) is 205 cm³/mol. The molecule has 296 valence electrons. The number of aliphatic hydroxyl groups excluding tert-OH is 1. The lowest BCUT2D eigenvalue weighted by Crippen LogP contribution is -2.57. The number of anilines is 1. The molecular weight excluding hydrogens is 708 g/mol. The monoisotopic (exact) mass is 761 g/mol. The van der Waals surface area contributed by atoms with Crippen LogP contribution in [0.1, 0.15) is 77.2 Å². The second kappa shape index (κ2) is 15.3. The second-order valence-corrected chi connectivity index (χ2v) is 16.4. The maximum atomic E-state index is 17.2. The van der Waals surface area contributed by atoms with Crippen LogP contribution in [0.4, 0.5) is 14.6 Å². The number of aromatic nitrogens is 3. The van der Waals surface area contributed by atoms with E-state index in [4.69, 9.17) is 29.3 Å². The summed E-state index contributed by atoms with van der Waals surface area (Å²) in [5.74, 6) is -0.805. The number of phenolic OH excluding ortho intramolecular Hbond substituents is 1. The van der Waals surface area contributed by atoms with Gasteiger partial charge >= 0.3 is 6.01 Å². The third-order valence-electron chi connectivity index (χ3n) is 12.7. The highest BCUT2D eigenvalue weighted by Gasteiger charge is 2.51. The summed E-state index contributed by atoms with van der Waals surface area (Å²) in [4.78, 5) is 18.9. The summed E-state index contributed by atoms with van der Waals surface area (Å²) in [7, 11) is 1.00. The van der Waals surface area contributed by atoms with Crippen molar-refractivity contribution in [3.8, 4) is 23.0 Å². The molecule has 2 bridgehead atoms. The van der Waals surface area contributed by atoms with Crippen molar-refractivity contribution in [2.75, 3.05) is 51.5 Å². The second-order valence-electron chi connectivity index (χ2n) is 16.4. The van der Waals surface area contributed by atoms with Crippen LogP contribution in [0.5, 0.6) is 11.8 Å². The Labute approximate surface area is 320 Å². The summed E-state index contributed by atoms with van der Waals surface area (Å²) in [6.45, 7) is 6.18. The lowest BCUT2D eigenvalue weighted by atomic mass is 9.74.